The fourth-order valence-electron chi connectivity index (χ4n) is 2.83. The van der Waals surface area contributed by atoms with Gasteiger partial charge in [-0.05, 0) is 32.1 Å². The lowest BCUT2D eigenvalue weighted by Gasteiger charge is -2.09. The number of imide groups is 1. The first-order valence-corrected chi connectivity index (χ1v) is 10.4. The first-order valence-electron chi connectivity index (χ1n) is 10.4. The third-order valence-electron chi connectivity index (χ3n) is 4.43. The van der Waals surface area contributed by atoms with Gasteiger partial charge >= 0.3 is 5.97 Å². The van der Waals surface area contributed by atoms with Crippen LogP contribution in [-0.2, 0) is 19.2 Å². The van der Waals surface area contributed by atoms with Crippen LogP contribution in [-0.4, -0.2) is 22.8 Å². The Morgan fingerprint density at radius 3 is 2.11 bits per heavy atom. The minimum Gasteiger partial charge on any atom is -0.318 e. The Balaban J connectivity index is 1.95. The van der Waals surface area contributed by atoms with Gasteiger partial charge in [-0.1, -0.05) is 63.5 Å². The van der Waals surface area contributed by atoms with Gasteiger partial charge in [0.05, 0.1) is 0 Å². The van der Waals surface area contributed by atoms with Crippen molar-refractivity contribution in [1.82, 2.24) is 5.06 Å². The molecule has 150 valence electrons. The molecule has 2 amide bonds. The van der Waals surface area contributed by atoms with Crippen molar-refractivity contribution >= 4 is 17.8 Å². The highest BCUT2D eigenvalue weighted by Crippen LogP contribution is 2.12. The van der Waals surface area contributed by atoms with E-state index in [1.807, 2.05) is 0 Å². The lowest BCUT2D eigenvalue weighted by atomic mass is 10.1. The average Bonchev–Trinajstić information content (AvgIpc) is 2.97. The summed E-state index contributed by atoms with van der Waals surface area (Å²) >= 11 is 0. The van der Waals surface area contributed by atoms with Gasteiger partial charge in [0.2, 0.25) is 0 Å². The quantitative estimate of drug-likeness (QED) is 0.200. The lowest BCUT2D eigenvalue weighted by molar-refractivity contribution is -0.193. The lowest BCUT2D eigenvalue weighted by Crippen LogP contribution is -2.31. The molecule has 0 aromatic rings. The van der Waals surface area contributed by atoms with Gasteiger partial charge in [-0.25, -0.2) is 4.79 Å². The minimum atomic E-state index is -0.851. The molecule has 0 spiro atoms. The van der Waals surface area contributed by atoms with Crippen LogP contribution >= 0.6 is 0 Å². The molecule has 1 aliphatic heterocycles. The van der Waals surface area contributed by atoms with Crippen LogP contribution in [0.1, 0.15) is 96.8 Å². The molecule has 0 aliphatic carbocycles. The molecule has 0 N–H and O–H groups in total. The SMILES string of the molecule is CCCCCCCC/C=C\CCCCCC#CC(=O)ON1C(=O)CCC1=O. The fraction of sp³-hybridized carbons (Fsp3) is 0.682. The number of hydroxylamine groups is 2. The first-order chi connectivity index (χ1) is 13.1. The molecule has 1 rings (SSSR count). The Kier molecular flexibility index (Phi) is 12.8. The summed E-state index contributed by atoms with van der Waals surface area (Å²) in [4.78, 5) is 38.8. The minimum absolute atomic E-state index is 0.0902. The molecule has 1 fully saturated rings. The van der Waals surface area contributed by atoms with E-state index in [2.05, 4.69) is 35.8 Å². The van der Waals surface area contributed by atoms with Crippen molar-refractivity contribution in [2.45, 2.75) is 96.8 Å². The molecule has 0 radical (unpaired) electrons. The van der Waals surface area contributed by atoms with E-state index >= 15 is 0 Å². The number of nitrogens with zero attached hydrogens (tertiary/aromatic N) is 1. The number of carbonyl (C=O) groups is 3. The van der Waals surface area contributed by atoms with Crippen LogP contribution in [0.15, 0.2) is 12.2 Å². The Morgan fingerprint density at radius 2 is 1.48 bits per heavy atom. The van der Waals surface area contributed by atoms with Gasteiger partial charge in [-0.3, -0.25) is 9.59 Å². The number of hydrogen-bond acceptors (Lipinski definition) is 4. The smallest absolute Gasteiger partial charge is 0.318 e. The first kappa shape index (κ1) is 23.0. The molecule has 1 saturated heterocycles. The van der Waals surface area contributed by atoms with E-state index in [0.29, 0.717) is 11.5 Å². The van der Waals surface area contributed by atoms with Crippen LogP contribution in [0.4, 0.5) is 0 Å². The molecule has 0 atom stereocenters. The van der Waals surface area contributed by atoms with Crippen molar-refractivity contribution in [3.8, 4) is 11.8 Å². The number of amides is 2. The van der Waals surface area contributed by atoms with Crippen molar-refractivity contribution in [3.05, 3.63) is 12.2 Å². The van der Waals surface area contributed by atoms with Gasteiger partial charge in [-0.2, -0.15) is 0 Å². The van der Waals surface area contributed by atoms with Crippen LogP contribution in [0.2, 0.25) is 0 Å². The van der Waals surface area contributed by atoms with E-state index < -0.39 is 17.8 Å². The standard InChI is InChI=1S/C22H33NO4/c1-2-3-4-5-6-7-8-9-10-11-12-13-14-15-16-17-22(26)27-23-20(24)18-19-21(23)25/h9-10H,2-8,11-15,18-19H2,1H3/b10-9-. The van der Waals surface area contributed by atoms with Gasteiger partial charge in [0, 0.05) is 25.2 Å². The number of hydrogen-bond donors (Lipinski definition) is 0. The molecular formula is C22H33NO4. The van der Waals surface area contributed by atoms with Crippen LogP contribution in [0.3, 0.4) is 0 Å². The number of carbonyl (C=O) groups excluding carboxylic acids is 3. The molecule has 1 aliphatic rings. The van der Waals surface area contributed by atoms with Crippen molar-refractivity contribution in [2.24, 2.45) is 0 Å². The molecule has 0 aromatic heterocycles. The van der Waals surface area contributed by atoms with E-state index in [0.717, 1.165) is 25.7 Å². The molecule has 0 aromatic carbocycles. The van der Waals surface area contributed by atoms with Gasteiger partial charge in [0.25, 0.3) is 11.8 Å². The van der Waals surface area contributed by atoms with Crippen molar-refractivity contribution in [1.29, 1.82) is 0 Å². The normalized spacial score (nSPS) is 13.9. The molecule has 0 unspecified atom stereocenters. The maximum Gasteiger partial charge on any atom is 0.409 e. The molecule has 5 nitrogen and oxygen atoms in total. The third-order valence-corrected chi connectivity index (χ3v) is 4.43. The van der Waals surface area contributed by atoms with E-state index in [1.165, 1.54) is 44.9 Å². The summed E-state index contributed by atoms with van der Waals surface area (Å²) in [5.74, 6) is 3.24. The zero-order valence-electron chi connectivity index (χ0n) is 16.6. The monoisotopic (exact) mass is 375 g/mol. The molecule has 27 heavy (non-hydrogen) atoms. The Bertz CT molecular complexity index is 540. The van der Waals surface area contributed by atoms with Gasteiger partial charge < -0.3 is 4.84 Å². The zero-order valence-corrected chi connectivity index (χ0v) is 16.6. The maximum atomic E-state index is 11.5. The van der Waals surface area contributed by atoms with E-state index in [-0.39, 0.29) is 12.8 Å². The fourth-order valence-corrected chi connectivity index (χ4v) is 2.83. The third kappa shape index (κ3) is 11.3. The van der Waals surface area contributed by atoms with E-state index in [1.54, 1.807) is 0 Å². The number of unbranched alkanes of at least 4 members (excludes halogenated alkanes) is 10. The Morgan fingerprint density at radius 1 is 0.926 bits per heavy atom. The second-order valence-corrected chi connectivity index (χ2v) is 6.89. The molecular weight excluding hydrogens is 342 g/mol. The largest absolute Gasteiger partial charge is 0.409 e. The number of rotatable bonds is 13. The van der Waals surface area contributed by atoms with Crippen molar-refractivity contribution < 1.29 is 19.2 Å². The topological polar surface area (TPSA) is 63.7 Å². The highest BCUT2D eigenvalue weighted by atomic mass is 16.7. The molecule has 0 bridgehead atoms. The second kappa shape index (κ2) is 15.0. The van der Waals surface area contributed by atoms with Gasteiger partial charge in [0.1, 0.15) is 0 Å². The highest BCUT2D eigenvalue weighted by Gasteiger charge is 2.32. The zero-order chi connectivity index (χ0) is 19.7. The van der Waals surface area contributed by atoms with Crippen LogP contribution in [0.25, 0.3) is 0 Å². The summed E-state index contributed by atoms with van der Waals surface area (Å²) in [6.07, 6.45) is 18.7. The number of allylic oxidation sites excluding steroid dienone is 2. The summed E-state index contributed by atoms with van der Waals surface area (Å²) in [5.41, 5.74) is 0. The predicted octanol–water partition coefficient (Wildman–Crippen LogP) is 4.85. The molecule has 1 heterocycles. The summed E-state index contributed by atoms with van der Waals surface area (Å²) in [6.45, 7) is 2.24. The van der Waals surface area contributed by atoms with Gasteiger partial charge in [0.15, 0.2) is 0 Å². The second-order valence-electron chi connectivity index (χ2n) is 6.89. The van der Waals surface area contributed by atoms with E-state index in [4.69, 9.17) is 0 Å². The molecule has 0 saturated carbocycles. The predicted molar refractivity (Wildman–Crippen MR) is 105 cm³/mol. The van der Waals surface area contributed by atoms with Crippen molar-refractivity contribution in [2.75, 3.05) is 0 Å². The molecule has 5 heteroatoms. The highest BCUT2D eigenvalue weighted by molar-refractivity contribution is 6.02. The average molecular weight is 376 g/mol. The summed E-state index contributed by atoms with van der Waals surface area (Å²) in [6, 6.07) is 0. The van der Waals surface area contributed by atoms with Gasteiger partial charge in [-0.15, -0.1) is 5.06 Å². The summed E-state index contributed by atoms with van der Waals surface area (Å²) < 4.78 is 0. The Hall–Kier alpha value is -2.09. The van der Waals surface area contributed by atoms with Crippen molar-refractivity contribution in [3.63, 3.8) is 0 Å². The summed E-state index contributed by atoms with van der Waals surface area (Å²) in [5, 5.41) is 0.522. The Labute approximate surface area is 163 Å². The maximum absolute atomic E-state index is 11.5. The van der Waals surface area contributed by atoms with Crippen LogP contribution in [0.5, 0.6) is 0 Å². The van der Waals surface area contributed by atoms with Crippen LogP contribution < -0.4 is 0 Å². The summed E-state index contributed by atoms with van der Waals surface area (Å²) in [7, 11) is 0. The van der Waals surface area contributed by atoms with E-state index in [9.17, 15) is 14.4 Å². The van der Waals surface area contributed by atoms with Crippen LogP contribution in [0, 0.1) is 11.8 Å².